The average molecular weight is 507 g/mol. The van der Waals surface area contributed by atoms with Crippen molar-refractivity contribution in [1.82, 2.24) is 9.97 Å². The Morgan fingerprint density at radius 1 is 0.917 bits per heavy atom. The van der Waals surface area contributed by atoms with Crippen LogP contribution in [0.3, 0.4) is 0 Å². The van der Waals surface area contributed by atoms with E-state index < -0.39 is 23.4 Å². The summed E-state index contributed by atoms with van der Waals surface area (Å²) in [6.45, 7) is 0.246. The summed E-state index contributed by atoms with van der Waals surface area (Å²) in [7, 11) is 0. The van der Waals surface area contributed by atoms with Gasteiger partial charge in [0.2, 0.25) is 0 Å². The van der Waals surface area contributed by atoms with E-state index in [2.05, 4.69) is 9.97 Å². The predicted molar refractivity (Wildman–Crippen MR) is 130 cm³/mol. The van der Waals surface area contributed by atoms with E-state index in [1.807, 2.05) is 48.5 Å². The second-order valence-electron chi connectivity index (χ2n) is 8.02. The van der Waals surface area contributed by atoms with Gasteiger partial charge < -0.3 is 9.84 Å². The van der Waals surface area contributed by atoms with Crippen LogP contribution in [0.4, 0.5) is 13.2 Å². The fourth-order valence-electron chi connectivity index (χ4n) is 3.71. The minimum Gasteiger partial charge on any atom is -0.487 e. The molecular formula is C27H17F3N2O3S. The summed E-state index contributed by atoms with van der Waals surface area (Å²) in [6, 6.07) is 17.3. The molecule has 36 heavy (non-hydrogen) atoms. The van der Waals surface area contributed by atoms with Gasteiger partial charge in [-0.1, -0.05) is 48.5 Å². The molecule has 0 saturated carbocycles. The van der Waals surface area contributed by atoms with Crippen LogP contribution in [0.25, 0.3) is 21.3 Å². The van der Waals surface area contributed by atoms with Gasteiger partial charge in [-0.15, -0.1) is 11.3 Å². The molecule has 0 atom stereocenters. The first kappa shape index (κ1) is 23.5. The van der Waals surface area contributed by atoms with Gasteiger partial charge in [-0.25, -0.2) is 22.9 Å². The third-order valence-electron chi connectivity index (χ3n) is 5.49. The zero-order chi connectivity index (χ0) is 25.2. The van der Waals surface area contributed by atoms with Crippen molar-refractivity contribution in [1.29, 1.82) is 0 Å². The van der Waals surface area contributed by atoms with Crippen molar-refractivity contribution in [3.05, 3.63) is 112 Å². The molecule has 5 aromatic rings. The van der Waals surface area contributed by atoms with Crippen LogP contribution < -0.4 is 4.74 Å². The number of carboxylic acid groups (broad SMARTS) is 1. The number of aromatic nitrogens is 2. The highest BCUT2D eigenvalue weighted by molar-refractivity contribution is 7.18. The van der Waals surface area contributed by atoms with Gasteiger partial charge in [0.1, 0.15) is 23.7 Å². The van der Waals surface area contributed by atoms with Crippen LogP contribution in [0, 0.1) is 17.5 Å². The molecule has 0 bridgehead atoms. The number of halogens is 3. The number of ether oxygens (including phenoxy) is 1. The molecule has 9 heteroatoms. The lowest BCUT2D eigenvalue weighted by atomic mass is 10.0. The molecule has 0 amide bonds. The van der Waals surface area contributed by atoms with Crippen LogP contribution >= 0.6 is 11.3 Å². The Bertz CT molecular complexity index is 1590. The fourth-order valence-corrected chi connectivity index (χ4v) is 4.71. The first-order valence-corrected chi connectivity index (χ1v) is 11.6. The van der Waals surface area contributed by atoms with E-state index >= 15 is 0 Å². The van der Waals surface area contributed by atoms with Gasteiger partial charge >= 0.3 is 5.97 Å². The SMILES string of the molecule is O=C(O)c1cncc(OCc2ccc(-c3cccc(Cc4nc5c(F)c(F)cc(F)c5s4)c3)cc2)c1. The normalized spacial score (nSPS) is 11.1. The lowest BCUT2D eigenvalue weighted by Crippen LogP contribution is -2.00. The molecule has 0 unspecified atom stereocenters. The average Bonchev–Trinajstić information content (AvgIpc) is 3.31. The molecule has 0 aliphatic rings. The summed E-state index contributed by atoms with van der Waals surface area (Å²) >= 11 is 1.01. The maximum absolute atomic E-state index is 14.0. The van der Waals surface area contributed by atoms with Crippen molar-refractivity contribution in [3.63, 3.8) is 0 Å². The Kier molecular flexibility index (Phi) is 6.39. The topological polar surface area (TPSA) is 72.3 Å². The van der Waals surface area contributed by atoms with E-state index in [9.17, 15) is 18.0 Å². The Hall–Kier alpha value is -4.24. The molecule has 2 aromatic heterocycles. The number of hydrogen-bond acceptors (Lipinski definition) is 5. The van der Waals surface area contributed by atoms with Crippen LogP contribution in [0.2, 0.25) is 0 Å². The van der Waals surface area contributed by atoms with Gasteiger partial charge in [0.15, 0.2) is 11.6 Å². The standard InChI is InChI=1S/C27H17F3N2O3S/c28-21-11-22(29)26-25(24(21)30)32-23(36-26)9-16-2-1-3-18(8-16)17-6-4-15(5-7-17)14-35-20-10-19(27(33)34)12-31-13-20/h1-8,10-13H,9,14H2,(H,33,34). The molecule has 3 aromatic carbocycles. The monoisotopic (exact) mass is 506 g/mol. The smallest absolute Gasteiger partial charge is 0.337 e. The number of nitrogens with zero attached hydrogens (tertiary/aromatic N) is 2. The van der Waals surface area contributed by atoms with Crippen molar-refractivity contribution in [2.45, 2.75) is 13.0 Å². The number of pyridine rings is 1. The second-order valence-corrected chi connectivity index (χ2v) is 9.10. The van der Waals surface area contributed by atoms with Crippen LogP contribution in [0.15, 0.2) is 73.1 Å². The number of rotatable bonds is 7. The first-order chi connectivity index (χ1) is 17.4. The molecule has 0 aliphatic carbocycles. The van der Waals surface area contributed by atoms with E-state index in [4.69, 9.17) is 9.84 Å². The molecule has 0 spiro atoms. The van der Waals surface area contributed by atoms with Crippen LogP contribution in [0.1, 0.15) is 26.5 Å². The fraction of sp³-hybridized carbons (Fsp3) is 0.0741. The number of thiazole rings is 1. The molecule has 0 fully saturated rings. The van der Waals surface area contributed by atoms with Crippen molar-refractivity contribution in [2.75, 3.05) is 0 Å². The highest BCUT2D eigenvalue weighted by Gasteiger charge is 2.17. The van der Waals surface area contributed by atoms with Gasteiger partial charge in [-0.3, -0.25) is 4.98 Å². The first-order valence-electron chi connectivity index (χ1n) is 10.8. The summed E-state index contributed by atoms with van der Waals surface area (Å²) in [6.07, 6.45) is 3.06. The summed E-state index contributed by atoms with van der Waals surface area (Å²) in [5.41, 5.74) is 3.46. The minimum atomic E-state index is -1.25. The van der Waals surface area contributed by atoms with Crippen molar-refractivity contribution < 1.29 is 27.8 Å². The zero-order valence-electron chi connectivity index (χ0n) is 18.5. The summed E-state index contributed by atoms with van der Waals surface area (Å²) in [5, 5.41) is 9.54. The Balaban J connectivity index is 1.30. The number of aromatic carboxylic acids is 1. The Morgan fingerprint density at radius 2 is 1.72 bits per heavy atom. The van der Waals surface area contributed by atoms with Gasteiger partial charge in [-0.05, 0) is 28.3 Å². The molecule has 2 heterocycles. The van der Waals surface area contributed by atoms with E-state index in [0.29, 0.717) is 23.2 Å². The van der Waals surface area contributed by atoms with E-state index in [1.165, 1.54) is 18.5 Å². The summed E-state index contributed by atoms with van der Waals surface area (Å²) in [4.78, 5) is 19.1. The molecule has 1 N–H and O–H groups in total. The largest absolute Gasteiger partial charge is 0.487 e. The second kappa shape index (κ2) is 9.79. The Morgan fingerprint density at radius 3 is 2.50 bits per heavy atom. The van der Waals surface area contributed by atoms with Gasteiger partial charge in [-0.2, -0.15) is 0 Å². The predicted octanol–water partition coefficient (Wildman–Crippen LogP) is 6.64. The molecule has 180 valence electrons. The third-order valence-corrected chi connectivity index (χ3v) is 6.56. The number of carboxylic acids is 1. The van der Waals surface area contributed by atoms with Gasteiger partial charge in [0, 0.05) is 18.7 Å². The van der Waals surface area contributed by atoms with Crippen molar-refractivity contribution in [3.8, 4) is 16.9 Å². The van der Waals surface area contributed by atoms with E-state index in [1.54, 1.807) is 0 Å². The van der Waals surface area contributed by atoms with E-state index in [0.717, 1.165) is 33.6 Å². The molecular weight excluding hydrogens is 489 g/mol. The molecule has 0 saturated heterocycles. The molecule has 0 aliphatic heterocycles. The molecule has 5 nitrogen and oxygen atoms in total. The number of fused-ring (bicyclic) bond motifs is 1. The van der Waals surface area contributed by atoms with Gasteiger partial charge in [0.25, 0.3) is 0 Å². The van der Waals surface area contributed by atoms with E-state index in [-0.39, 0.29) is 22.4 Å². The zero-order valence-corrected chi connectivity index (χ0v) is 19.4. The Labute approximate surface area is 207 Å². The van der Waals surface area contributed by atoms with Gasteiger partial charge in [0.05, 0.1) is 21.5 Å². The lowest BCUT2D eigenvalue weighted by molar-refractivity contribution is 0.0695. The highest BCUT2D eigenvalue weighted by atomic mass is 32.1. The number of hydrogen-bond donors (Lipinski definition) is 1. The minimum absolute atomic E-state index is 0.00308. The number of benzene rings is 3. The lowest BCUT2D eigenvalue weighted by Gasteiger charge is -2.08. The number of carbonyl (C=O) groups is 1. The third kappa shape index (κ3) is 4.92. The molecule has 5 rings (SSSR count). The summed E-state index contributed by atoms with van der Waals surface area (Å²) < 4.78 is 47.2. The van der Waals surface area contributed by atoms with Crippen LogP contribution in [0.5, 0.6) is 5.75 Å². The maximum Gasteiger partial charge on any atom is 0.337 e. The maximum atomic E-state index is 14.0. The van der Waals surface area contributed by atoms with Crippen molar-refractivity contribution >= 4 is 27.5 Å². The highest BCUT2D eigenvalue weighted by Crippen LogP contribution is 2.30. The summed E-state index contributed by atoms with van der Waals surface area (Å²) in [5.74, 6) is -3.92. The van der Waals surface area contributed by atoms with Crippen LogP contribution in [-0.2, 0) is 13.0 Å². The quantitative estimate of drug-likeness (QED) is 0.251. The van der Waals surface area contributed by atoms with Crippen molar-refractivity contribution in [2.24, 2.45) is 0 Å². The molecule has 0 radical (unpaired) electrons. The van der Waals surface area contributed by atoms with Crippen LogP contribution in [-0.4, -0.2) is 21.0 Å².